The van der Waals surface area contributed by atoms with E-state index in [4.69, 9.17) is 9.47 Å². The fraction of sp³-hybridized carbons (Fsp3) is 0.0667. The molecule has 0 fully saturated rings. The molecular weight excluding hydrogens is 582 g/mol. The lowest BCUT2D eigenvalue weighted by molar-refractivity contribution is -0.129. The van der Waals surface area contributed by atoms with Crippen LogP contribution in [0.5, 0.6) is 5.75 Å². The number of esters is 1. The van der Waals surface area contributed by atoms with Crippen LogP contribution in [0.4, 0.5) is 0 Å². The van der Waals surface area contributed by atoms with Gasteiger partial charge in [-0.1, -0.05) is 72.8 Å². The summed E-state index contributed by atoms with van der Waals surface area (Å²) in [5, 5.41) is 0. The number of rotatable bonds is 7. The monoisotopic (exact) mass is 601 g/mol. The van der Waals surface area contributed by atoms with Crippen LogP contribution >= 0.6 is 31.9 Å². The zero-order valence-electron chi connectivity index (χ0n) is 19.2. The van der Waals surface area contributed by atoms with Crippen molar-refractivity contribution in [1.29, 1.82) is 0 Å². The van der Waals surface area contributed by atoms with Gasteiger partial charge in [-0.2, -0.15) is 0 Å². The molecule has 1 aliphatic heterocycles. The van der Waals surface area contributed by atoms with Crippen LogP contribution in [0.1, 0.15) is 16.7 Å². The minimum Gasteiger partial charge on any atom is -0.491 e. The van der Waals surface area contributed by atoms with Crippen LogP contribution in [0, 0.1) is 0 Å². The minimum atomic E-state index is -0.479. The number of benzene rings is 4. The zero-order valence-corrected chi connectivity index (χ0v) is 22.3. The Morgan fingerprint density at radius 1 is 0.778 bits per heavy atom. The van der Waals surface area contributed by atoms with Crippen LogP contribution in [-0.4, -0.2) is 18.5 Å². The van der Waals surface area contributed by atoms with Gasteiger partial charge in [0.25, 0.3) is 0 Å². The van der Waals surface area contributed by atoms with E-state index >= 15 is 0 Å². The summed E-state index contributed by atoms with van der Waals surface area (Å²) in [6.07, 6.45) is 2.51. The van der Waals surface area contributed by atoms with Gasteiger partial charge in [-0.05, 0) is 84.5 Å². The average molecular weight is 603 g/mol. The Balaban J connectivity index is 1.30. The van der Waals surface area contributed by atoms with Gasteiger partial charge < -0.3 is 9.47 Å². The first-order valence-corrected chi connectivity index (χ1v) is 13.0. The summed E-state index contributed by atoms with van der Waals surface area (Å²) >= 11 is 7.17. The number of ether oxygens (including phenoxy) is 2. The molecular formula is C30H21Br2NO3. The summed E-state index contributed by atoms with van der Waals surface area (Å²) in [6.45, 7) is 0.546. The number of hydrogen-bond donors (Lipinski definition) is 0. The second-order valence-electron chi connectivity index (χ2n) is 8.18. The molecule has 36 heavy (non-hydrogen) atoms. The van der Waals surface area contributed by atoms with E-state index in [-0.39, 0.29) is 5.70 Å². The number of carbonyl (C=O) groups excluding carboxylic acids is 1. The van der Waals surface area contributed by atoms with Crippen molar-refractivity contribution in [2.45, 2.75) is 6.42 Å². The Bertz CT molecular complexity index is 1420. The minimum absolute atomic E-state index is 0.244. The molecule has 0 aromatic heterocycles. The lowest BCUT2D eigenvalue weighted by atomic mass is 10.0. The summed E-state index contributed by atoms with van der Waals surface area (Å²) in [7, 11) is 0. The molecule has 0 N–H and O–H groups in total. The average Bonchev–Trinajstić information content (AvgIpc) is 3.27. The molecule has 5 rings (SSSR count). The van der Waals surface area contributed by atoms with Crippen molar-refractivity contribution >= 4 is 49.8 Å². The normalized spacial score (nSPS) is 14.0. The highest BCUT2D eigenvalue weighted by Crippen LogP contribution is 2.36. The molecule has 4 aromatic carbocycles. The second kappa shape index (κ2) is 11.1. The van der Waals surface area contributed by atoms with Gasteiger partial charge in [0.15, 0.2) is 5.70 Å². The quantitative estimate of drug-likeness (QED) is 0.160. The Hall–Kier alpha value is -3.48. The van der Waals surface area contributed by atoms with Crippen molar-refractivity contribution in [3.8, 4) is 16.9 Å². The van der Waals surface area contributed by atoms with Gasteiger partial charge in [-0.15, -0.1) is 0 Å². The largest absolute Gasteiger partial charge is 0.491 e. The topological polar surface area (TPSA) is 47.9 Å². The molecule has 4 aromatic rings. The van der Waals surface area contributed by atoms with Crippen LogP contribution in [0.3, 0.4) is 0 Å². The predicted molar refractivity (Wildman–Crippen MR) is 150 cm³/mol. The Labute approximate surface area is 226 Å². The number of cyclic esters (lactones) is 1. The van der Waals surface area contributed by atoms with E-state index < -0.39 is 5.97 Å². The lowest BCUT2D eigenvalue weighted by Gasteiger charge is -2.11. The Morgan fingerprint density at radius 2 is 1.36 bits per heavy atom. The first kappa shape index (κ1) is 24.2. The van der Waals surface area contributed by atoms with Crippen LogP contribution in [-0.2, 0) is 16.0 Å². The van der Waals surface area contributed by atoms with Gasteiger partial charge in [-0.3, -0.25) is 0 Å². The third-order valence-corrected chi connectivity index (χ3v) is 6.84. The highest BCUT2D eigenvalue weighted by Gasteiger charge is 2.24. The summed E-state index contributed by atoms with van der Waals surface area (Å²) in [5.74, 6) is 0.530. The standard InChI is InChI=1S/C30H21Br2NO3/c31-25-17-21(18-26(32)28(25)35-16-15-20-7-3-1-4-8-20)19-27-30(34)36-29(33-27)24-13-11-23(12-14-24)22-9-5-2-6-10-22/h1-14,17-19H,15-16H2/b27-19-. The fourth-order valence-corrected chi connectivity index (χ4v) is 5.29. The predicted octanol–water partition coefficient (Wildman–Crippen LogP) is 7.84. The number of carbonyl (C=O) groups is 1. The van der Waals surface area contributed by atoms with E-state index in [1.807, 2.05) is 72.8 Å². The SMILES string of the molecule is O=C1OC(c2ccc(-c3ccccc3)cc2)=N/C1=C\c1cc(Br)c(OCCc2ccccc2)c(Br)c1. The van der Waals surface area contributed by atoms with E-state index in [9.17, 15) is 4.79 Å². The van der Waals surface area contributed by atoms with Gasteiger partial charge >= 0.3 is 5.97 Å². The zero-order chi connectivity index (χ0) is 24.9. The maximum absolute atomic E-state index is 12.5. The highest BCUT2D eigenvalue weighted by atomic mass is 79.9. The van der Waals surface area contributed by atoms with Crippen molar-refractivity contribution in [3.05, 3.63) is 128 Å². The Kier molecular flexibility index (Phi) is 7.44. The third-order valence-electron chi connectivity index (χ3n) is 5.66. The summed E-state index contributed by atoms with van der Waals surface area (Å²) in [4.78, 5) is 17.0. The smallest absolute Gasteiger partial charge is 0.363 e. The molecule has 178 valence electrons. The molecule has 6 heteroatoms. The van der Waals surface area contributed by atoms with E-state index in [2.05, 4.69) is 61.1 Å². The van der Waals surface area contributed by atoms with Crippen molar-refractivity contribution in [3.63, 3.8) is 0 Å². The van der Waals surface area contributed by atoms with Gasteiger partial charge in [0.2, 0.25) is 5.90 Å². The molecule has 0 amide bonds. The number of nitrogens with zero attached hydrogens (tertiary/aromatic N) is 1. The van der Waals surface area contributed by atoms with Crippen molar-refractivity contribution < 1.29 is 14.3 Å². The summed E-state index contributed by atoms with van der Waals surface area (Å²) in [6, 6.07) is 31.9. The maximum atomic E-state index is 12.5. The van der Waals surface area contributed by atoms with Crippen LogP contribution in [0.2, 0.25) is 0 Å². The Morgan fingerprint density at radius 3 is 2.03 bits per heavy atom. The molecule has 1 aliphatic rings. The van der Waals surface area contributed by atoms with Crippen molar-refractivity contribution in [2.75, 3.05) is 6.61 Å². The van der Waals surface area contributed by atoms with Gasteiger partial charge in [0.1, 0.15) is 5.75 Å². The summed E-state index contributed by atoms with van der Waals surface area (Å²) < 4.78 is 13.0. The molecule has 1 heterocycles. The molecule has 0 radical (unpaired) electrons. The van der Waals surface area contributed by atoms with Crippen LogP contribution in [0.25, 0.3) is 17.2 Å². The maximum Gasteiger partial charge on any atom is 0.363 e. The van der Waals surface area contributed by atoms with E-state index in [1.165, 1.54) is 5.56 Å². The molecule has 0 aliphatic carbocycles. The molecule has 0 bridgehead atoms. The van der Waals surface area contributed by atoms with Crippen LogP contribution in [0.15, 0.2) is 117 Å². The van der Waals surface area contributed by atoms with E-state index in [1.54, 1.807) is 6.08 Å². The number of hydrogen-bond acceptors (Lipinski definition) is 4. The van der Waals surface area contributed by atoms with Crippen molar-refractivity contribution in [1.82, 2.24) is 0 Å². The first-order chi connectivity index (χ1) is 17.6. The lowest BCUT2D eigenvalue weighted by Crippen LogP contribution is -2.05. The molecule has 0 spiro atoms. The number of halogens is 2. The van der Waals surface area contributed by atoms with E-state index in [0.29, 0.717) is 18.3 Å². The van der Waals surface area contributed by atoms with Crippen LogP contribution < -0.4 is 4.74 Å². The summed E-state index contributed by atoms with van der Waals surface area (Å²) in [5.41, 5.74) is 5.21. The molecule has 0 unspecified atom stereocenters. The van der Waals surface area contributed by atoms with Gasteiger partial charge in [0.05, 0.1) is 15.6 Å². The van der Waals surface area contributed by atoms with Crippen molar-refractivity contribution in [2.24, 2.45) is 4.99 Å². The molecule has 0 atom stereocenters. The first-order valence-electron chi connectivity index (χ1n) is 11.4. The molecule has 0 saturated carbocycles. The molecule has 0 saturated heterocycles. The highest BCUT2D eigenvalue weighted by molar-refractivity contribution is 9.11. The third kappa shape index (κ3) is 5.66. The number of aliphatic imine (C=N–C) groups is 1. The molecule has 4 nitrogen and oxygen atoms in total. The fourth-order valence-electron chi connectivity index (χ4n) is 3.84. The van der Waals surface area contributed by atoms with Gasteiger partial charge in [0, 0.05) is 12.0 Å². The van der Waals surface area contributed by atoms with Gasteiger partial charge in [-0.25, -0.2) is 9.79 Å². The van der Waals surface area contributed by atoms with E-state index in [0.717, 1.165) is 37.6 Å². The second-order valence-corrected chi connectivity index (χ2v) is 9.89.